The summed E-state index contributed by atoms with van der Waals surface area (Å²) in [6, 6.07) is 3.80. The quantitative estimate of drug-likeness (QED) is 0.833. The summed E-state index contributed by atoms with van der Waals surface area (Å²) in [7, 11) is 0. The minimum atomic E-state index is -0.123. The molecular formula is C13H17NO3. The van der Waals surface area contributed by atoms with Crippen LogP contribution < -0.4 is 15.2 Å². The summed E-state index contributed by atoms with van der Waals surface area (Å²) in [4.78, 5) is 0. The van der Waals surface area contributed by atoms with E-state index in [2.05, 4.69) is 0 Å². The first-order valence-electron chi connectivity index (χ1n) is 5.93. The number of rotatable bonds is 3. The molecule has 0 spiro atoms. The van der Waals surface area contributed by atoms with Crippen LogP contribution in [-0.4, -0.2) is 18.5 Å². The van der Waals surface area contributed by atoms with E-state index in [9.17, 15) is 5.11 Å². The van der Waals surface area contributed by atoms with E-state index in [1.807, 2.05) is 19.1 Å². The second kappa shape index (κ2) is 3.62. The summed E-state index contributed by atoms with van der Waals surface area (Å²) in [6.45, 7) is 2.45. The van der Waals surface area contributed by atoms with E-state index in [4.69, 9.17) is 15.2 Å². The summed E-state index contributed by atoms with van der Waals surface area (Å²) in [5.41, 5.74) is 8.33. The molecule has 1 atom stereocenters. The monoisotopic (exact) mass is 235 g/mol. The van der Waals surface area contributed by atoms with Crippen molar-refractivity contribution in [1.82, 2.24) is 0 Å². The molecule has 0 saturated heterocycles. The number of fused-ring (bicyclic) bond motifs is 1. The van der Waals surface area contributed by atoms with Gasteiger partial charge in [-0.2, -0.15) is 0 Å². The number of aryl methyl sites for hydroxylation is 1. The lowest BCUT2D eigenvalue weighted by molar-refractivity contribution is 0.173. The minimum Gasteiger partial charge on any atom is -0.454 e. The van der Waals surface area contributed by atoms with Gasteiger partial charge in [0.2, 0.25) is 6.79 Å². The molecule has 1 aliphatic heterocycles. The summed E-state index contributed by atoms with van der Waals surface area (Å²) < 4.78 is 10.7. The first-order chi connectivity index (χ1) is 8.16. The molecule has 4 heteroatoms. The van der Waals surface area contributed by atoms with Gasteiger partial charge in [-0.1, -0.05) is 0 Å². The molecule has 92 valence electrons. The molecule has 2 aliphatic rings. The zero-order valence-corrected chi connectivity index (χ0v) is 9.90. The maximum absolute atomic E-state index is 9.44. The molecular weight excluding hydrogens is 218 g/mol. The molecule has 4 nitrogen and oxygen atoms in total. The topological polar surface area (TPSA) is 64.7 Å². The fourth-order valence-corrected chi connectivity index (χ4v) is 2.45. The first-order valence-corrected chi connectivity index (χ1v) is 5.93. The number of ether oxygens (including phenoxy) is 2. The Morgan fingerprint density at radius 1 is 1.35 bits per heavy atom. The molecule has 1 aromatic rings. The molecule has 1 unspecified atom stereocenters. The van der Waals surface area contributed by atoms with E-state index >= 15 is 0 Å². The number of nitrogens with two attached hydrogens (primary N) is 1. The van der Waals surface area contributed by atoms with E-state index in [0.717, 1.165) is 35.5 Å². The molecule has 1 aliphatic carbocycles. The Balaban J connectivity index is 1.98. The third-order valence-electron chi connectivity index (χ3n) is 3.96. The SMILES string of the molecule is Cc1cc2c(cc1C(N)C1(CO)CC1)OCO2. The molecule has 3 N–H and O–H groups in total. The van der Waals surface area contributed by atoms with Gasteiger partial charge in [-0.25, -0.2) is 0 Å². The highest BCUT2D eigenvalue weighted by atomic mass is 16.7. The van der Waals surface area contributed by atoms with E-state index in [0.29, 0.717) is 0 Å². The minimum absolute atomic E-state index is 0.113. The maximum Gasteiger partial charge on any atom is 0.231 e. The van der Waals surface area contributed by atoms with Crippen molar-refractivity contribution >= 4 is 0 Å². The Morgan fingerprint density at radius 3 is 2.59 bits per heavy atom. The molecule has 0 bridgehead atoms. The van der Waals surface area contributed by atoms with Crippen molar-refractivity contribution in [2.24, 2.45) is 11.1 Å². The lowest BCUT2D eigenvalue weighted by Crippen LogP contribution is -2.26. The van der Waals surface area contributed by atoms with E-state index in [1.165, 1.54) is 0 Å². The lowest BCUT2D eigenvalue weighted by Gasteiger charge is -2.23. The normalized spacial score (nSPS) is 21.4. The summed E-state index contributed by atoms with van der Waals surface area (Å²) in [5, 5.41) is 9.44. The predicted molar refractivity (Wildman–Crippen MR) is 63.0 cm³/mol. The molecule has 0 aromatic heterocycles. The van der Waals surface area contributed by atoms with E-state index in [1.54, 1.807) is 0 Å². The fourth-order valence-electron chi connectivity index (χ4n) is 2.45. The van der Waals surface area contributed by atoms with Crippen LogP contribution in [0.15, 0.2) is 12.1 Å². The van der Waals surface area contributed by atoms with Crippen molar-refractivity contribution in [2.75, 3.05) is 13.4 Å². The number of hydrogen-bond donors (Lipinski definition) is 2. The van der Waals surface area contributed by atoms with Crippen LogP contribution in [0.4, 0.5) is 0 Å². The Bertz CT molecular complexity index is 454. The predicted octanol–water partition coefficient (Wildman–Crippen LogP) is 1.50. The zero-order chi connectivity index (χ0) is 12.0. The summed E-state index contributed by atoms with van der Waals surface area (Å²) >= 11 is 0. The van der Waals surface area contributed by atoms with Crippen molar-refractivity contribution in [1.29, 1.82) is 0 Å². The van der Waals surface area contributed by atoms with Gasteiger partial charge in [0.1, 0.15) is 0 Å². The average molecular weight is 235 g/mol. The molecule has 0 amide bonds. The lowest BCUT2D eigenvalue weighted by atomic mass is 9.88. The highest BCUT2D eigenvalue weighted by molar-refractivity contribution is 5.49. The highest BCUT2D eigenvalue weighted by Crippen LogP contribution is 2.54. The van der Waals surface area contributed by atoms with Crippen LogP contribution in [0, 0.1) is 12.3 Å². The fraction of sp³-hybridized carbons (Fsp3) is 0.538. The highest BCUT2D eigenvalue weighted by Gasteiger charge is 2.48. The maximum atomic E-state index is 9.44. The Kier molecular flexibility index (Phi) is 2.31. The van der Waals surface area contributed by atoms with Crippen molar-refractivity contribution < 1.29 is 14.6 Å². The van der Waals surface area contributed by atoms with Crippen molar-refractivity contribution in [3.63, 3.8) is 0 Å². The van der Waals surface area contributed by atoms with Gasteiger partial charge in [-0.15, -0.1) is 0 Å². The van der Waals surface area contributed by atoms with E-state index < -0.39 is 0 Å². The number of hydrogen-bond acceptors (Lipinski definition) is 4. The second-order valence-electron chi connectivity index (χ2n) is 5.06. The van der Waals surface area contributed by atoms with Crippen LogP contribution in [0.1, 0.15) is 30.0 Å². The molecule has 1 aromatic carbocycles. The van der Waals surface area contributed by atoms with Gasteiger partial charge in [0.25, 0.3) is 0 Å². The van der Waals surface area contributed by atoms with Crippen LogP contribution in [0.3, 0.4) is 0 Å². The van der Waals surface area contributed by atoms with Crippen LogP contribution in [0.2, 0.25) is 0 Å². The van der Waals surface area contributed by atoms with Crippen molar-refractivity contribution in [3.05, 3.63) is 23.3 Å². The van der Waals surface area contributed by atoms with Crippen LogP contribution in [0.25, 0.3) is 0 Å². The summed E-state index contributed by atoms with van der Waals surface area (Å²) in [5.74, 6) is 1.54. The van der Waals surface area contributed by atoms with Gasteiger partial charge in [0, 0.05) is 11.5 Å². The molecule has 3 rings (SSSR count). The molecule has 1 saturated carbocycles. The largest absolute Gasteiger partial charge is 0.454 e. The zero-order valence-electron chi connectivity index (χ0n) is 9.90. The third kappa shape index (κ3) is 1.59. The van der Waals surface area contributed by atoms with E-state index in [-0.39, 0.29) is 24.9 Å². The van der Waals surface area contributed by atoms with Gasteiger partial charge < -0.3 is 20.3 Å². The van der Waals surface area contributed by atoms with Crippen molar-refractivity contribution in [2.45, 2.75) is 25.8 Å². The molecule has 17 heavy (non-hydrogen) atoms. The standard InChI is InChI=1S/C13H17NO3/c1-8-4-10-11(17-7-16-10)5-9(8)12(14)13(6-15)2-3-13/h4-5,12,15H,2-3,6-7,14H2,1H3. The van der Waals surface area contributed by atoms with Gasteiger partial charge >= 0.3 is 0 Å². The van der Waals surface area contributed by atoms with Crippen LogP contribution in [0.5, 0.6) is 11.5 Å². The van der Waals surface area contributed by atoms with Gasteiger partial charge in [-0.3, -0.25) is 0 Å². The van der Waals surface area contributed by atoms with Crippen LogP contribution in [-0.2, 0) is 0 Å². The number of benzene rings is 1. The van der Waals surface area contributed by atoms with Crippen molar-refractivity contribution in [3.8, 4) is 11.5 Å². The molecule has 1 fully saturated rings. The third-order valence-corrected chi connectivity index (χ3v) is 3.96. The van der Waals surface area contributed by atoms with Gasteiger partial charge in [0.05, 0.1) is 6.61 Å². The average Bonchev–Trinajstić information content (AvgIpc) is 3.01. The Hall–Kier alpha value is -1.26. The number of aliphatic hydroxyl groups excluding tert-OH is 1. The molecule has 0 radical (unpaired) electrons. The first kappa shape index (κ1) is 10.9. The Morgan fingerprint density at radius 2 is 2.00 bits per heavy atom. The van der Waals surface area contributed by atoms with Gasteiger partial charge in [0.15, 0.2) is 11.5 Å². The second-order valence-corrected chi connectivity index (χ2v) is 5.06. The molecule has 1 heterocycles. The van der Waals surface area contributed by atoms with Crippen LogP contribution >= 0.6 is 0 Å². The Labute approximate surface area is 100 Å². The van der Waals surface area contributed by atoms with Gasteiger partial charge in [-0.05, 0) is 43.0 Å². The smallest absolute Gasteiger partial charge is 0.231 e. The summed E-state index contributed by atoms with van der Waals surface area (Å²) in [6.07, 6.45) is 2.00. The number of aliphatic hydroxyl groups is 1.